The van der Waals surface area contributed by atoms with E-state index in [-0.39, 0.29) is 0 Å². The molecule has 0 amide bonds. The van der Waals surface area contributed by atoms with Gasteiger partial charge >= 0.3 is 0 Å². The first kappa shape index (κ1) is 11.7. The number of halogens is 1. The molecule has 1 atom stereocenters. The molecule has 3 nitrogen and oxygen atoms in total. The molecular weight excluding hydrogens is 224 g/mol. The van der Waals surface area contributed by atoms with Crippen molar-refractivity contribution in [3.8, 4) is 0 Å². The van der Waals surface area contributed by atoms with Gasteiger partial charge in [0.15, 0.2) is 0 Å². The van der Waals surface area contributed by atoms with Gasteiger partial charge in [-0.05, 0) is 18.6 Å². The molecule has 1 saturated heterocycles. The van der Waals surface area contributed by atoms with E-state index in [4.69, 9.17) is 16.3 Å². The topological polar surface area (TPSA) is 25.4 Å². The van der Waals surface area contributed by atoms with Crippen LogP contribution in [0.25, 0.3) is 0 Å². The Balaban J connectivity index is 2.20. The largest absolute Gasteiger partial charge is 0.377 e. The lowest BCUT2D eigenvalue weighted by molar-refractivity contribution is 0.0930. The smallest absolute Gasteiger partial charge is 0.0670 e. The molecule has 2 heterocycles. The van der Waals surface area contributed by atoms with Crippen LogP contribution in [0.2, 0.25) is 0 Å². The van der Waals surface area contributed by atoms with Crippen LogP contribution < -0.4 is 4.90 Å². The van der Waals surface area contributed by atoms with E-state index in [0.29, 0.717) is 11.9 Å². The maximum Gasteiger partial charge on any atom is 0.0670 e. The predicted octanol–water partition coefficient (Wildman–Crippen LogP) is 2.44. The predicted molar refractivity (Wildman–Crippen MR) is 66.0 cm³/mol. The van der Waals surface area contributed by atoms with Gasteiger partial charge in [0.1, 0.15) is 0 Å². The first-order valence-corrected chi connectivity index (χ1v) is 6.24. The molecule has 16 heavy (non-hydrogen) atoms. The molecule has 0 saturated carbocycles. The summed E-state index contributed by atoms with van der Waals surface area (Å²) in [6, 6.07) is 4.59. The lowest BCUT2D eigenvalue weighted by atomic mass is 10.1. The average molecular weight is 241 g/mol. The molecule has 0 aromatic carbocycles. The van der Waals surface area contributed by atoms with Crippen LogP contribution >= 0.6 is 11.6 Å². The molecule has 1 unspecified atom stereocenters. The van der Waals surface area contributed by atoms with E-state index in [1.807, 2.05) is 12.3 Å². The summed E-state index contributed by atoms with van der Waals surface area (Å²) in [6.07, 6.45) is 2.92. The quantitative estimate of drug-likeness (QED) is 0.759. The Labute approximate surface area is 101 Å². The summed E-state index contributed by atoms with van der Waals surface area (Å²) in [4.78, 5) is 6.60. The van der Waals surface area contributed by atoms with Crippen LogP contribution in [0, 0.1) is 0 Å². The van der Waals surface area contributed by atoms with Crippen LogP contribution in [0.15, 0.2) is 18.3 Å². The molecule has 2 rings (SSSR count). The zero-order valence-corrected chi connectivity index (χ0v) is 10.3. The number of nitrogens with zero attached hydrogens (tertiary/aromatic N) is 2. The fraction of sp³-hybridized carbons (Fsp3) is 0.583. The van der Waals surface area contributed by atoms with Crippen LogP contribution in [-0.4, -0.2) is 30.8 Å². The number of aromatic nitrogens is 1. The van der Waals surface area contributed by atoms with Crippen molar-refractivity contribution < 1.29 is 4.74 Å². The normalized spacial score (nSPS) is 21.1. The number of anilines is 1. The molecule has 1 fully saturated rings. The monoisotopic (exact) mass is 240 g/mol. The van der Waals surface area contributed by atoms with Crippen LogP contribution in [0.4, 0.5) is 5.69 Å². The summed E-state index contributed by atoms with van der Waals surface area (Å²) in [5.74, 6) is 0.467. The second-order valence-corrected chi connectivity index (χ2v) is 4.24. The number of alkyl halides is 1. The fourth-order valence-electron chi connectivity index (χ4n) is 2.05. The lowest BCUT2D eigenvalue weighted by Crippen LogP contribution is -2.45. The standard InChI is InChI=1S/C12H17ClN2O/c1-2-11-9-16-6-5-15(11)12-3-4-14-10(7-12)8-13/h3-4,7,11H,2,5-6,8-9H2,1H3. The minimum absolute atomic E-state index is 0.467. The molecular formula is C12H17ClN2O. The highest BCUT2D eigenvalue weighted by Crippen LogP contribution is 2.21. The summed E-state index contributed by atoms with van der Waals surface area (Å²) in [7, 11) is 0. The lowest BCUT2D eigenvalue weighted by Gasteiger charge is -2.37. The highest BCUT2D eigenvalue weighted by atomic mass is 35.5. The Morgan fingerprint density at radius 1 is 1.62 bits per heavy atom. The second kappa shape index (κ2) is 5.51. The van der Waals surface area contributed by atoms with Gasteiger partial charge in [-0.3, -0.25) is 4.98 Å². The van der Waals surface area contributed by atoms with E-state index >= 15 is 0 Å². The van der Waals surface area contributed by atoms with Gasteiger partial charge < -0.3 is 9.64 Å². The van der Waals surface area contributed by atoms with Crippen molar-refractivity contribution >= 4 is 17.3 Å². The Morgan fingerprint density at radius 3 is 3.25 bits per heavy atom. The Morgan fingerprint density at radius 2 is 2.50 bits per heavy atom. The number of morpholine rings is 1. The van der Waals surface area contributed by atoms with Gasteiger partial charge in [-0.15, -0.1) is 11.6 Å². The zero-order chi connectivity index (χ0) is 11.4. The summed E-state index contributed by atoms with van der Waals surface area (Å²) in [5, 5.41) is 0. The fourth-order valence-corrected chi connectivity index (χ4v) is 2.20. The number of hydrogen-bond acceptors (Lipinski definition) is 3. The van der Waals surface area contributed by atoms with E-state index < -0.39 is 0 Å². The zero-order valence-electron chi connectivity index (χ0n) is 9.53. The molecule has 1 aliphatic heterocycles. The summed E-state index contributed by atoms with van der Waals surface area (Å²) >= 11 is 5.80. The first-order chi connectivity index (χ1) is 7.85. The van der Waals surface area contributed by atoms with Crippen LogP contribution in [-0.2, 0) is 10.6 Å². The second-order valence-electron chi connectivity index (χ2n) is 3.97. The molecule has 0 aliphatic carbocycles. The van der Waals surface area contributed by atoms with Gasteiger partial charge in [0.25, 0.3) is 0 Å². The minimum Gasteiger partial charge on any atom is -0.377 e. The summed E-state index contributed by atoms with van der Waals surface area (Å²) in [6.45, 7) is 4.75. The van der Waals surface area contributed by atoms with Crippen LogP contribution in [0.5, 0.6) is 0 Å². The van der Waals surface area contributed by atoms with Gasteiger partial charge in [-0.2, -0.15) is 0 Å². The number of rotatable bonds is 3. The third-order valence-electron chi connectivity index (χ3n) is 2.97. The maximum absolute atomic E-state index is 5.80. The molecule has 0 radical (unpaired) electrons. The molecule has 1 aromatic rings. The Kier molecular flexibility index (Phi) is 4.02. The maximum atomic E-state index is 5.80. The van der Waals surface area contributed by atoms with Gasteiger partial charge in [-0.1, -0.05) is 6.92 Å². The highest BCUT2D eigenvalue weighted by Gasteiger charge is 2.21. The van der Waals surface area contributed by atoms with E-state index in [9.17, 15) is 0 Å². The highest BCUT2D eigenvalue weighted by molar-refractivity contribution is 6.16. The Hall–Kier alpha value is -0.800. The van der Waals surface area contributed by atoms with E-state index in [1.54, 1.807) is 0 Å². The SMILES string of the molecule is CCC1COCCN1c1ccnc(CCl)c1. The third kappa shape index (κ3) is 2.47. The van der Waals surface area contributed by atoms with E-state index in [1.165, 1.54) is 5.69 Å². The Bertz CT molecular complexity index is 346. The third-order valence-corrected chi connectivity index (χ3v) is 3.24. The summed E-state index contributed by atoms with van der Waals surface area (Å²) < 4.78 is 5.50. The van der Waals surface area contributed by atoms with Crippen molar-refractivity contribution in [2.24, 2.45) is 0 Å². The van der Waals surface area contributed by atoms with Crippen LogP contribution in [0.1, 0.15) is 19.0 Å². The van der Waals surface area contributed by atoms with E-state index in [2.05, 4.69) is 22.9 Å². The number of ether oxygens (including phenoxy) is 1. The molecule has 0 bridgehead atoms. The van der Waals surface area contributed by atoms with Gasteiger partial charge in [0.2, 0.25) is 0 Å². The van der Waals surface area contributed by atoms with Crippen molar-refractivity contribution in [2.75, 3.05) is 24.7 Å². The molecule has 4 heteroatoms. The van der Waals surface area contributed by atoms with Crippen molar-refractivity contribution in [3.05, 3.63) is 24.0 Å². The minimum atomic E-state index is 0.467. The van der Waals surface area contributed by atoms with Gasteiger partial charge in [-0.25, -0.2) is 0 Å². The van der Waals surface area contributed by atoms with Gasteiger partial charge in [0.05, 0.1) is 30.8 Å². The average Bonchev–Trinajstić information content (AvgIpc) is 2.38. The van der Waals surface area contributed by atoms with Gasteiger partial charge in [0, 0.05) is 18.4 Å². The van der Waals surface area contributed by atoms with Crippen molar-refractivity contribution in [1.29, 1.82) is 0 Å². The van der Waals surface area contributed by atoms with E-state index in [0.717, 1.165) is 31.9 Å². The molecule has 88 valence electrons. The molecule has 1 aromatic heterocycles. The van der Waals surface area contributed by atoms with Crippen molar-refractivity contribution in [2.45, 2.75) is 25.3 Å². The van der Waals surface area contributed by atoms with Crippen molar-refractivity contribution in [1.82, 2.24) is 4.98 Å². The molecule has 1 aliphatic rings. The number of pyridine rings is 1. The number of hydrogen-bond donors (Lipinski definition) is 0. The molecule has 0 spiro atoms. The molecule has 0 N–H and O–H groups in total. The van der Waals surface area contributed by atoms with Crippen molar-refractivity contribution in [3.63, 3.8) is 0 Å². The first-order valence-electron chi connectivity index (χ1n) is 5.70. The summed E-state index contributed by atoms with van der Waals surface area (Å²) in [5.41, 5.74) is 2.14. The van der Waals surface area contributed by atoms with Crippen LogP contribution in [0.3, 0.4) is 0 Å².